The third-order valence-electron chi connectivity index (χ3n) is 5.92. The smallest absolute Gasteiger partial charge is 0.323 e. The van der Waals surface area contributed by atoms with Crippen LogP contribution in [-0.2, 0) is 25.5 Å². The number of nitrogens with zero attached hydrogens (tertiary/aromatic N) is 1. The SMILES string of the molecule is CCOC(=O)C(CCc1ccc(OC)c(OC)c1)N[C@@H](C)C(=O)N(CC(=O)O)C1CCCC1. The Morgan fingerprint density at radius 1 is 1.15 bits per heavy atom. The van der Waals surface area contributed by atoms with Crippen LogP contribution >= 0.6 is 0 Å². The van der Waals surface area contributed by atoms with Crippen LogP contribution in [0.1, 0.15) is 51.5 Å². The number of carbonyl (C=O) groups is 3. The lowest BCUT2D eigenvalue weighted by atomic mass is 10.0. The van der Waals surface area contributed by atoms with Crippen LogP contribution in [0.15, 0.2) is 18.2 Å². The number of ether oxygens (including phenoxy) is 3. The number of hydrogen-bond donors (Lipinski definition) is 2. The van der Waals surface area contributed by atoms with Crippen LogP contribution in [0.3, 0.4) is 0 Å². The topological polar surface area (TPSA) is 114 Å². The van der Waals surface area contributed by atoms with Gasteiger partial charge < -0.3 is 24.2 Å². The van der Waals surface area contributed by atoms with Crippen LogP contribution < -0.4 is 14.8 Å². The number of carbonyl (C=O) groups excluding carboxylic acids is 2. The highest BCUT2D eigenvalue weighted by Crippen LogP contribution is 2.28. The van der Waals surface area contributed by atoms with Crippen molar-refractivity contribution in [2.75, 3.05) is 27.4 Å². The minimum absolute atomic E-state index is 0.0781. The number of hydrogen-bond acceptors (Lipinski definition) is 7. The molecule has 2 rings (SSSR count). The van der Waals surface area contributed by atoms with Gasteiger partial charge in [0.15, 0.2) is 11.5 Å². The van der Waals surface area contributed by atoms with Gasteiger partial charge in [0.25, 0.3) is 0 Å². The maximum atomic E-state index is 13.1. The van der Waals surface area contributed by atoms with Crippen LogP contribution in [0, 0.1) is 0 Å². The first-order valence-corrected chi connectivity index (χ1v) is 11.5. The molecule has 1 amide bonds. The molecule has 1 aliphatic rings. The zero-order valence-corrected chi connectivity index (χ0v) is 20.0. The van der Waals surface area contributed by atoms with Crippen molar-refractivity contribution in [3.8, 4) is 11.5 Å². The summed E-state index contributed by atoms with van der Waals surface area (Å²) in [5.41, 5.74) is 0.946. The van der Waals surface area contributed by atoms with Gasteiger partial charge in [-0.25, -0.2) is 0 Å². The van der Waals surface area contributed by atoms with E-state index in [-0.39, 0.29) is 25.1 Å². The molecule has 1 aromatic rings. The number of amides is 1. The van der Waals surface area contributed by atoms with E-state index < -0.39 is 24.0 Å². The van der Waals surface area contributed by atoms with E-state index >= 15 is 0 Å². The number of aliphatic carboxylic acids is 1. The first-order valence-electron chi connectivity index (χ1n) is 11.5. The zero-order chi connectivity index (χ0) is 24.4. The molecule has 0 heterocycles. The summed E-state index contributed by atoms with van der Waals surface area (Å²) in [4.78, 5) is 38.5. The Labute approximate surface area is 195 Å². The Morgan fingerprint density at radius 2 is 1.82 bits per heavy atom. The molecule has 33 heavy (non-hydrogen) atoms. The Hall–Kier alpha value is -2.81. The van der Waals surface area contributed by atoms with Gasteiger partial charge in [-0.15, -0.1) is 0 Å². The van der Waals surface area contributed by atoms with Gasteiger partial charge in [-0.1, -0.05) is 18.9 Å². The van der Waals surface area contributed by atoms with Crippen LogP contribution in [0.2, 0.25) is 0 Å². The van der Waals surface area contributed by atoms with Gasteiger partial charge in [-0.2, -0.15) is 0 Å². The monoisotopic (exact) mass is 464 g/mol. The van der Waals surface area contributed by atoms with Crippen molar-refractivity contribution in [2.24, 2.45) is 0 Å². The van der Waals surface area contributed by atoms with E-state index in [1.165, 1.54) is 4.90 Å². The van der Waals surface area contributed by atoms with Gasteiger partial charge in [0, 0.05) is 6.04 Å². The summed E-state index contributed by atoms with van der Waals surface area (Å²) in [6.07, 6.45) is 4.49. The predicted molar refractivity (Wildman–Crippen MR) is 122 cm³/mol. The van der Waals surface area contributed by atoms with E-state index in [0.717, 1.165) is 31.2 Å². The molecule has 9 heteroatoms. The second-order valence-corrected chi connectivity index (χ2v) is 8.22. The molecule has 184 valence electrons. The Kier molecular flexibility index (Phi) is 10.4. The zero-order valence-electron chi connectivity index (χ0n) is 20.0. The molecule has 1 fully saturated rings. The van der Waals surface area contributed by atoms with Gasteiger partial charge in [-0.3, -0.25) is 19.7 Å². The molecule has 0 aromatic heterocycles. The largest absolute Gasteiger partial charge is 0.493 e. The van der Waals surface area contributed by atoms with Crippen LogP contribution in [0.25, 0.3) is 0 Å². The molecule has 0 saturated heterocycles. The van der Waals surface area contributed by atoms with Crippen molar-refractivity contribution in [1.29, 1.82) is 0 Å². The number of methoxy groups -OCH3 is 2. The van der Waals surface area contributed by atoms with E-state index in [2.05, 4.69) is 5.32 Å². The molecular formula is C24H36N2O7. The molecule has 2 N–H and O–H groups in total. The average Bonchev–Trinajstić information content (AvgIpc) is 3.34. The summed E-state index contributed by atoms with van der Waals surface area (Å²) in [6.45, 7) is 3.27. The van der Waals surface area contributed by atoms with Gasteiger partial charge in [0.1, 0.15) is 12.6 Å². The fourth-order valence-electron chi connectivity index (χ4n) is 4.23. The van der Waals surface area contributed by atoms with Crippen LogP contribution in [-0.4, -0.2) is 73.3 Å². The number of aryl methyl sites for hydroxylation is 1. The van der Waals surface area contributed by atoms with Gasteiger partial charge in [0.05, 0.1) is 26.9 Å². The van der Waals surface area contributed by atoms with Gasteiger partial charge >= 0.3 is 11.9 Å². The minimum atomic E-state index is -1.04. The lowest BCUT2D eigenvalue weighted by Crippen LogP contribution is -2.54. The fraction of sp³-hybridized carbons (Fsp3) is 0.625. The number of carboxylic acids is 1. The quantitative estimate of drug-likeness (QED) is 0.428. The van der Waals surface area contributed by atoms with Crippen molar-refractivity contribution >= 4 is 17.8 Å². The van der Waals surface area contributed by atoms with E-state index in [1.807, 2.05) is 12.1 Å². The highest BCUT2D eigenvalue weighted by atomic mass is 16.5. The van der Waals surface area contributed by atoms with Crippen molar-refractivity contribution in [3.05, 3.63) is 23.8 Å². The van der Waals surface area contributed by atoms with Crippen molar-refractivity contribution in [3.63, 3.8) is 0 Å². The Balaban J connectivity index is 2.10. The number of nitrogens with one attached hydrogen (secondary N) is 1. The van der Waals surface area contributed by atoms with Crippen LogP contribution in [0.5, 0.6) is 11.5 Å². The molecule has 0 aliphatic heterocycles. The molecule has 1 aromatic carbocycles. The normalized spacial score (nSPS) is 15.5. The molecule has 9 nitrogen and oxygen atoms in total. The number of esters is 1. The average molecular weight is 465 g/mol. The van der Waals surface area contributed by atoms with E-state index in [4.69, 9.17) is 14.2 Å². The highest BCUT2D eigenvalue weighted by Gasteiger charge is 2.33. The molecule has 2 atom stereocenters. The predicted octanol–water partition coefficient (Wildman–Crippen LogP) is 2.40. The van der Waals surface area contributed by atoms with Gasteiger partial charge in [-0.05, 0) is 57.2 Å². The summed E-state index contributed by atoms with van der Waals surface area (Å²) in [5.74, 6) is -0.586. The van der Waals surface area contributed by atoms with Crippen molar-refractivity contribution < 1.29 is 33.7 Å². The first kappa shape index (κ1) is 26.4. The molecular weight excluding hydrogens is 428 g/mol. The molecule has 1 saturated carbocycles. The second-order valence-electron chi connectivity index (χ2n) is 8.22. The summed E-state index contributed by atoms with van der Waals surface area (Å²) < 4.78 is 15.8. The van der Waals surface area contributed by atoms with Crippen molar-refractivity contribution in [2.45, 2.75) is 70.5 Å². The van der Waals surface area contributed by atoms with E-state index in [1.54, 1.807) is 34.1 Å². The molecule has 0 spiro atoms. The minimum Gasteiger partial charge on any atom is -0.493 e. The standard InChI is InChI=1S/C24H36N2O7/c1-5-33-24(30)19(12-10-17-11-13-20(31-3)21(14-17)32-4)25-16(2)23(29)26(15-22(27)28)18-8-6-7-9-18/h11,13-14,16,18-19,25H,5-10,12,15H2,1-4H3,(H,27,28)/t16-,19?/m0/s1. The lowest BCUT2D eigenvalue weighted by molar-refractivity contribution is -0.149. The Morgan fingerprint density at radius 3 is 2.39 bits per heavy atom. The molecule has 0 radical (unpaired) electrons. The number of rotatable bonds is 13. The summed E-state index contributed by atoms with van der Waals surface area (Å²) in [5, 5.41) is 12.4. The third kappa shape index (κ3) is 7.63. The second kappa shape index (κ2) is 13.0. The maximum Gasteiger partial charge on any atom is 0.323 e. The first-order chi connectivity index (χ1) is 15.8. The van der Waals surface area contributed by atoms with Gasteiger partial charge in [0.2, 0.25) is 5.91 Å². The number of carboxylic acid groups (broad SMARTS) is 1. The lowest BCUT2D eigenvalue weighted by Gasteiger charge is -2.31. The third-order valence-corrected chi connectivity index (χ3v) is 5.92. The maximum absolute atomic E-state index is 13.1. The highest BCUT2D eigenvalue weighted by molar-refractivity contribution is 5.86. The molecule has 1 unspecified atom stereocenters. The summed E-state index contributed by atoms with van der Waals surface area (Å²) in [7, 11) is 3.13. The summed E-state index contributed by atoms with van der Waals surface area (Å²) in [6, 6.07) is 4.03. The van der Waals surface area contributed by atoms with E-state index in [0.29, 0.717) is 24.3 Å². The molecule has 1 aliphatic carbocycles. The van der Waals surface area contributed by atoms with Crippen LogP contribution in [0.4, 0.5) is 0 Å². The summed E-state index contributed by atoms with van der Waals surface area (Å²) >= 11 is 0. The van der Waals surface area contributed by atoms with Crippen molar-refractivity contribution in [1.82, 2.24) is 10.2 Å². The van der Waals surface area contributed by atoms with E-state index in [9.17, 15) is 19.5 Å². The fourth-order valence-corrected chi connectivity index (χ4v) is 4.23. The molecule has 0 bridgehead atoms. The number of benzene rings is 1. The Bertz CT molecular complexity index is 808.